The van der Waals surface area contributed by atoms with E-state index in [9.17, 15) is 38.2 Å². The van der Waals surface area contributed by atoms with E-state index in [1.807, 2.05) is 0 Å². The first-order chi connectivity index (χ1) is 15.9. The molecule has 2 aromatic rings. The highest BCUT2D eigenvalue weighted by Gasteiger charge is 2.34. The molecule has 1 fully saturated rings. The van der Waals surface area contributed by atoms with E-state index in [1.165, 1.54) is 18.2 Å². The molecule has 0 aliphatic carbocycles. The number of halogens is 3. The van der Waals surface area contributed by atoms with Crippen molar-refractivity contribution in [3.05, 3.63) is 67.8 Å². The van der Waals surface area contributed by atoms with Gasteiger partial charge in [0.15, 0.2) is 0 Å². The Bertz CT molecular complexity index is 1110. The molecule has 0 unspecified atom stereocenters. The van der Waals surface area contributed by atoms with Crippen molar-refractivity contribution in [2.45, 2.75) is 26.1 Å². The number of amides is 1. The zero-order valence-corrected chi connectivity index (χ0v) is 18.3. The Kier molecular flexibility index (Phi) is 6.93. The second kappa shape index (κ2) is 9.53. The minimum atomic E-state index is -4.71. The standard InChI is InChI=1S/C21H22F3N5O5/c1-13(2)25-20(30)14-3-5-16(18(11-14)28(31)32)26-7-9-27(10-8-26)17-6-4-15(21(22,23)24)12-19(17)29(33)34/h3-6,11-13H,7-10H2,1-2H3,(H,25,30). The zero-order valence-electron chi connectivity index (χ0n) is 18.3. The highest BCUT2D eigenvalue weighted by molar-refractivity contribution is 5.96. The van der Waals surface area contributed by atoms with Crippen LogP contribution < -0.4 is 15.1 Å². The SMILES string of the molecule is CC(C)NC(=O)c1ccc(N2CCN(c3ccc(C(F)(F)F)cc3[N+](=O)[O-])CC2)c([N+](=O)[O-])c1. The number of anilines is 2. The second-order valence-corrected chi connectivity index (χ2v) is 8.02. The Morgan fingerprint density at radius 1 is 0.912 bits per heavy atom. The van der Waals surface area contributed by atoms with E-state index in [-0.39, 0.29) is 54.8 Å². The van der Waals surface area contributed by atoms with E-state index in [0.717, 1.165) is 12.1 Å². The van der Waals surface area contributed by atoms with Crippen LogP contribution in [0, 0.1) is 20.2 Å². The van der Waals surface area contributed by atoms with Crippen LogP contribution in [0.15, 0.2) is 36.4 Å². The predicted molar refractivity (Wildman–Crippen MR) is 118 cm³/mol. The molecule has 34 heavy (non-hydrogen) atoms. The quantitative estimate of drug-likeness (QED) is 0.489. The fraction of sp³-hybridized carbons (Fsp3) is 0.381. The summed E-state index contributed by atoms with van der Waals surface area (Å²) >= 11 is 0. The minimum absolute atomic E-state index is 0.0489. The van der Waals surface area contributed by atoms with Crippen LogP contribution in [0.25, 0.3) is 0 Å². The third-order valence-electron chi connectivity index (χ3n) is 5.31. The molecule has 1 N–H and O–H groups in total. The number of hydrogen-bond donors (Lipinski definition) is 1. The van der Waals surface area contributed by atoms with E-state index in [2.05, 4.69) is 5.32 Å². The summed E-state index contributed by atoms with van der Waals surface area (Å²) in [7, 11) is 0. The molecular formula is C21H22F3N5O5. The van der Waals surface area contributed by atoms with Gasteiger partial charge < -0.3 is 15.1 Å². The van der Waals surface area contributed by atoms with Gasteiger partial charge in [0.05, 0.1) is 15.4 Å². The Balaban J connectivity index is 1.82. The molecule has 0 radical (unpaired) electrons. The summed E-state index contributed by atoms with van der Waals surface area (Å²) in [5.74, 6) is -0.441. The number of carbonyl (C=O) groups excluding carboxylic acids is 1. The van der Waals surface area contributed by atoms with E-state index in [0.29, 0.717) is 6.07 Å². The lowest BCUT2D eigenvalue weighted by Gasteiger charge is -2.36. The first-order valence-electron chi connectivity index (χ1n) is 10.3. The second-order valence-electron chi connectivity index (χ2n) is 8.02. The first-order valence-corrected chi connectivity index (χ1v) is 10.3. The lowest BCUT2D eigenvalue weighted by atomic mass is 10.1. The number of hydrogen-bond acceptors (Lipinski definition) is 7. The van der Waals surface area contributed by atoms with E-state index >= 15 is 0 Å². The summed E-state index contributed by atoms with van der Waals surface area (Å²) in [6.45, 7) is 4.38. The smallest absolute Gasteiger partial charge is 0.362 e. The minimum Gasteiger partial charge on any atom is -0.362 e. The summed E-state index contributed by atoms with van der Waals surface area (Å²) < 4.78 is 38.9. The van der Waals surface area contributed by atoms with Crippen LogP contribution in [0.1, 0.15) is 29.8 Å². The average molecular weight is 481 g/mol. The molecule has 13 heteroatoms. The maximum atomic E-state index is 13.0. The van der Waals surface area contributed by atoms with Crippen molar-refractivity contribution in [3.63, 3.8) is 0 Å². The molecule has 1 heterocycles. The van der Waals surface area contributed by atoms with Gasteiger partial charge in [-0.25, -0.2) is 0 Å². The van der Waals surface area contributed by atoms with Gasteiger partial charge >= 0.3 is 6.18 Å². The number of nitrogens with one attached hydrogen (secondary N) is 1. The molecule has 1 aliphatic rings. The van der Waals surface area contributed by atoms with Crippen LogP contribution in [0.3, 0.4) is 0 Å². The van der Waals surface area contributed by atoms with Gasteiger partial charge in [0.1, 0.15) is 11.4 Å². The summed E-state index contributed by atoms with van der Waals surface area (Å²) in [6, 6.07) is 6.38. The van der Waals surface area contributed by atoms with Gasteiger partial charge in [-0.3, -0.25) is 25.0 Å². The molecule has 1 saturated heterocycles. The maximum Gasteiger partial charge on any atom is 0.416 e. The van der Waals surface area contributed by atoms with Crippen molar-refractivity contribution >= 4 is 28.7 Å². The highest BCUT2D eigenvalue weighted by Crippen LogP contribution is 2.37. The highest BCUT2D eigenvalue weighted by atomic mass is 19.4. The third-order valence-corrected chi connectivity index (χ3v) is 5.31. The first kappa shape index (κ1) is 24.7. The zero-order chi connectivity index (χ0) is 25.2. The molecule has 0 aromatic heterocycles. The largest absolute Gasteiger partial charge is 0.416 e. The fourth-order valence-electron chi connectivity index (χ4n) is 3.73. The Hall–Kier alpha value is -3.90. The molecule has 1 aliphatic heterocycles. The Morgan fingerprint density at radius 2 is 1.38 bits per heavy atom. The number of nitro benzene ring substituents is 2. The Labute approximate surface area is 192 Å². The third kappa shape index (κ3) is 5.35. The van der Waals surface area contributed by atoms with Crippen molar-refractivity contribution < 1.29 is 27.8 Å². The average Bonchev–Trinajstić information content (AvgIpc) is 2.77. The summed E-state index contributed by atoms with van der Waals surface area (Å²) in [5, 5.41) is 25.7. The van der Waals surface area contributed by atoms with Crippen LogP contribution in [-0.2, 0) is 6.18 Å². The van der Waals surface area contributed by atoms with E-state index < -0.39 is 33.2 Å². The number of benzene rings is 2. The summed E-state index contributed by atoms with van der Waals surface area (Å²) in [4.78, 5) is 37.1. The van der Waals surface area contributed by atoms with Gasteiger partial charge in [-0.2, -0.15) is 13.2 Å². The van der Waals surface area contributed by atoms with Gasteiger partial charge in [0.2, 0.25) is 0 Å². The monoisotopic (exact) mass is 481 g/mol. The molecular weight excluding hydrogens is 459 g/mol. The fourth-order valence-corrected chi connectivity index (χ4v) is 3.73. The molecule has 0 bridgehead atoms. The molecule has 0 spiro atoms. The Morgan fingerprint density at radius 3 is 1.82 bits per heavy atom. The lowest BCUT2D eigenvalue weighted by molar-refractivity contribution is -0.384. The van der Waals surface area contributed by atoms with Gasteiger partial charge in [-0.05, 0) is 38.1 Å². The van der Waals surface area contributed by atoms with Gasteiger partial charge in [-0.15, -0.1) is 0 Å². The topological polar surface area (TPSA) is 122 Å². The summed E-state index contributed by atoms with van der Waals surface area (Å²) in [5.41, 5.74) is -1.55. The van der Waals surface area contributed by atoms with Gasteiger partial charge in [-0.1, -0.05) is 0 Å². The molecule has 2 aromatic carbocycles. The van der Waals surface area contributed by atoms with Crippen molar-refractivity contribution in [2.75, 3.05) is 36.0 Å². The summed E-state index contributed by atoms with van der Waals surface area (Å²) in [6.07, 6.45) is -4.71. The number of carbonyl (C=O) groups is 1. The normalized spacial score (nSPS) is 14.3. The number of nitrogens with zero attached hydrogens (tertiary/aromatic N) is 4. The molecule has 0 atom stereocenters. The van der Waals surface area contributed by atoms with Gasteiger partial charge in [0.25, 0.3) is 17.3 Å². The van der Waals surface area contributed by atoms with E-state index in [1.54, 1.807) is 23.6 Å². The maximum absolute atomic E-state index is 13.0. The lowest BCUT2D eigenvalue weighted by Crippen LogP contribution is -2.47. The van der Waals surface area contributed by atoms with Crippen LogP contribution in [0.2, 0.25) is 0 Å². The molecule has 3 rings (SSSR count). The van der Waals surface area contributed by atoms with Crippen molar-refractivity contribution in [1.29, 1.82) is 0 Å². The predicted octanol–water partition coefficient (Wildman–Crippen LogP) is 3.99. The molecule has 182 valence electrons. The number of nitro groups is 2. The van der Waals surface area contributed by atoms with Crippen LogP contribution in [0.4, 0.5) is 35.9 Å². The van der Waals surface area contributed by atoms with Crippen molar-refractivity contribution in [3.8, 4) is 0 Å². The van der Waals surface area contributed by atoms with Crippen LogP contribution in [0.5, 0.6) is 0 Å². The van der Waals surface area contributed by atoms with Gasteiger partial charge in [0, 0.05) is 49.9 Å². The number of rotatable bonds is 6. The molecule has 1 amide bonds. The van der Waals surface area contributed by atoms with E-state index in [4.69, 9.17) is 0 Å². The van der Waals surface area contributed by atoms with Crippen LogP contribution >= 0.6 is 0 Å². The molecule has 0 saturated carbocycles. The number of piperazine rings is 1. The van der Waals surface area contributed by atoms with Crippen molar-refractivity contribution in [1.82, 2.24) is 5.32 Å². The molecule has 10 nitrogen and oxygen atoms in total. The van der Waals surface area contributed by atoms with Crippen LogP contribution in [-0.4, -0.2) is 48.0 Å². The number of alkyl halides is 3. The van der Waals surface area contributed by atoms with Crippen molar-refractivity contribution in [2.24, 2.45) is 0 Å².